The van der Waals surface area contributed by atoms with Gasteiger partial charge in [-0.1, -0.05) is 96.8 Å². The number of rotatable bonds is 16. The Morgan fingerprint density at radius 2 is 1.15 bits per heavy atom. The summed E-state index contributed by atoms with van der Waals surface area (Å²) in [4.78, 5) is 10.4. The lowest BCUT2D eigenvalue weighted by Gasteiger charge is -2.03. The first-order valence-electron chi connectivity index (χ1n) is 9.70. The Morgan fingerprint density at radius 1 is 0.750 bits per heavy atom. The molecule has 0 amide bonds. The summed E-state index contributed by atoms with van der Waals surface area (Å²) in [6, 6.07) is 0. The number of hydrogen-bond acceptors (Lipinski definition) is 1. The van der Waals surface area contributed by atoms with E-state index < -0.39 is 12.3 Å². The van der Waals surface area contributed by atoms with E-state index >= 15 is 0 Å². The van der Waals surface area contributed by atoms with E-state index in [0.717, 1.165) is 12.8 Å². The monoisotopic (exact) mass is 286 g/mol. The zero-order valence-electron chi connectivity index (χ0n) is 15.5. The summed E-state index contributed by atoms with van der Waals surface area (Å²) >= 11 is 0. The molecule has 120 valence electrons. The lowest BCUT2D eigenvalue weighted by atomic mass is 10.0. The third kappa shape index (κ3) is 17.5. The fourth-order valence-corrected chi connectivity index (χ4v) is 2.39. The lowest BCUT2D eigenvalue weighted by Crippen LogP contribution is -1.93. The van der Waals surface area contributed by atoms with Gasteiger partial charge in [0, 0.05) is 9.16 Å². The van der Waals surface area contributed by atoms with Gasteiger partial charge in [0.15, 0.2) is 0 Å². The van der Waals surface area contributed by atoms with Gasteiger partial charge in [-0.25, -0.2) is 0 Å². The Balaban J connectivity index is 3.35. The van der Waals surface area contributed by atoms with E-state index in [9.17, 15) is 4.79 Å². The van der Waals surface area contributed by atoms with Gasteiger partial charge in [-0.3, -0.25) is 4.79 Å². The normalized spacial score (nSPS) is 13.1. The molecular weight excluding hydrogens is 248 g/mol. The van der Waals surface area contributed by atoms with Crippen LogP contribution in [-0.2, 0) is 4.79 Å². The van der Waals surface area contributed by atoms with Gasteiger partial charge in [-0.2, -0.15) is 0 Å². The summed E-state index contributed by atoms with van der Waals surface area (Å²) in [5.74, 6) is -0.782. The average Bonchev–Trinajstić information content (AvgIpc) is 2.45. The van der Waals surface area contributed by atoms with Crippen LogP contribution in [0.3, 0.4) is 0 Å². The molecule has 0 radical (unpaired) electrons. The van der Waals surface area contributed by atoms with Crippen molar-refractivity contribution in [3.05, 3.63) is 0 Å². The second-order valence-electron chi connectivity index (χ2n) is 5.78. The summed E-state index contributed by atoms with van der Waals surface area (Å²) in [5.41, 5.74) is 0. The van der Waals surface area contributed by atoms with Crippen molar-refractivity contribution in [1.29, 1.82) is 0 Å². The smallest absolute Gasteiger partial charge is 0.303 e. The molecule has 20 heavy (non-hydrogen) atoms. The van der Waals surface area contributed by atoms with Crippen molar-refractivity contribution in [3.8, 4) is 0 Å². The predicted molar refractivity (Wildman–Crippen MR) is 87.2 cm³/mol. The van der Waals surface area contributed by atoms with Crippen LogP contribution in [0.15, 0.2) is 0 Å². The number of carboxylic acid groups (broad SMARTS) is 1. The van der Waals surface area contributed by atoms with E-state index in [1.165, 1.54) is 51.4 Å². The van der Waals surface area contributed by atoms with Crippen LogP contribution in [0, 0.1) is 0 Å². The van der Waals surface area contributed by atoms with Crippen LogP contribution in [0.25, 0.3) is 0 Å². The maximum atomic E-state index is 10.4. The fourth-order valence-electron chi connectivity index (χ4n) is 2.39. The zero-order chi connectivity index (χ0) is 16.7. The van der Waals surface area contributed by atoms with E-state index in [0.29, 0.717) is 25.7 Å². The largest absolute Gasteiger partial charge is 0.481 e. The Morgan fingerprint density at radius 3 is 1.60 bits per heavy atom. The number of aliphatic carboxylic acids is 1. The van der Waals surface area contributed by atoms with Crippen molar-refractivity contribution in [2.45, 2.75) is 110 Å². The van der Waals surface area contributed by atoms with Gasteiger partial charge in [0.2, 0.25) is 0 Å². The second kappa shape index (κ2) is 16.5. The molecule has 0 atom stereocenters. The van der Waals surface area contributed by atoms with Crippen LogP contribution in [0.2, 0.25) is 0 Å². The molecule has 1 N–H and O–H groups in total. The van der Waals surface area contributed by atoms with E-state index in [2.05, 4.69) is 6.92 Å². The van der Waals surface area contributed by atoms with E-state index in [4.69, 9.17) is 7.85 Å². The minimum atomic E-state index is -1.11. The molecule has 0 bridgehead atoms. The van der Waals surface area contributed by atoms with E-state index in [1.54, 1.807) is 0 Å². The molecule has 2 heteroatoms. The molecule has 0 aromatic heterocycles. The van der Waals surface area contributed by atoms with Crippen molar-refractivity contribution in [2.24, 2.45) is 0 Å². The Kier molecular flexibility index (Phi) is 13.1. The fraction of sp³-hybridized carbons (Fsp3) is 0.944. The van der Waals surface area contributed by atoms with E-state index in [1.807, 2.05) is 0 Å². The molecule has 0 aromatic carbocycles. The SMILES string of the molecule is [2H]C([2H])(CCCCCCCCCCCC)CCCCC(=O)O. The Hall–Kier alpha value is -0.530. The molecule has 0 aliphatic carbocycles. The summed E-state index contributed by atoms with van der Waals surface area (Å²) in [5, 5.41) is 8.55. The molecule has 0 fully saturated rings. The molecule has 0 rings (SSSR count). The first-order valence-corrected chi connectivity index (χ1v) is 8.70. The topological polar surface area (TPSA) is 37.3 Å². The van der Waals surface area contributed by atoms with E-state index in [-0.39, 0.29) is 6.42 Å². The van der Waals surface area contributed by atoms with Crippen molar-refractivity contribution >= 4 is 5.97 Å². The molecule has 0 saturated heterocycles. The van der Waals surface area contributed by atoms with Crippen LogP contribution >= 0.6 is 0 Å². The van der Waals surface area contributed by atoms with Crippen molar-refractivity contribution in [1.82, 2.24) is 0 Å². The zero-order valence-corrected chi connectivity index (χ0v) is 13.5. The van der Waals surface area contributed by atoms with Gasteiger partial charge >= 0.3 is 5.97 Å². The van der Waals surface area contributed by atoms with Crippen LogP contribution in [0.4, 0.5) is 0 Å². The number of carboxylic acids is 1. The second-order valence-corrected chi connectivity index (χ2v) is 5.78. The summed E-state index contributed by atoms with van der Waals surface area (Å²) in [6.07, 6.45) is 14.1. The first-order chi connectivity index (χ1) is 10.5. The van der Waals surface area contributed by atoms with Crippen LogP contribution in [-0.4, -0.2) is 11.1 Å². The van der Waals surface area contributed by atoms with Gasteiger partial charge in [0.05, 0.1) is 0 Å². The van der Waals surface area contributed by atoms with Gasteiger partial charge < -0.3 is 5.11 Å². The third-order valence-electron chi connectivity index (χ3n) is 3.70. The molecule has 0 aromatic rings. The van der Waals surface area contributed by atoms with Crippen molar-refractivity contribution < 1.29 is 12.6 Å². The highest BCUT2D eigenvalue weighted by Gasteiger charge is 1.97. The Bertz CT molecular complexity index is 268. The number of unbranched alkanes of at least 4 members (excludes halogenated alkanes) is 10. The highest BCUT2D eigenvalue weighted by atomic mass is 16.4. The molecular formula is C18H36O2. The standard InChI is InChI=1S/C18H36O2/c1-2-3-4-5-6-7-8-9-10-11-12-13-14-15-16-17-18(19)20/h2-17H2,1H3,(H,19,20)/i13D2. The third-order valence-corrected chi connectivity index (χ3v) is 3.70. The van der Waals surface area contributed by atoms with Crippen molar-refractivity contribution in [3.63, 3.8) is 0 Å². The quantitative estimate of drug-likeness (QED) is 0.336. The summed E-state index contributed by atoms with van der Waals surface area (Å²) in [6.45, 7) is 2.24. The van der Waals surface area contributed by atoms with Gasteiger partial charge in [0.25, 0.3) is 0 Å². The maximum Gasteiger partial charge on any atom is 0.303 e. The van der Waals surface area contributed by atoms with Crippen molar-refractivity contribution in [2.75, 3.05) is 0 Å². The van der Waals surface area contributed by atoms with Gasteiger partial charge in [-0.05, 0) is 6.42 Å². The maximum absolute atomic E-state index is 10.4. The molecule has 0 unspecified atom stereocenters. The Labute approximate surface area is 129 Å². The van der Waals surface area contributed by atoms with Gasteiger partial charge in [-0.15, -0.1) is 0 Å². The van der Waals surface area contributed by atoms with Gasteiger partial charge in [0.1, 0.15) is 0 Å². The number of carbonyl (C=O) groups is 1. The van der Waals surface area contributed by atoms with Crippen LogP contribution < -0.4 is 0 Å². The van der Waals surface area contributed by atoms with Crippen LogP contribution in [0.1, 0.15) is 112 Å². The highest BCUT2D eigenvalue weighted by Crippen LogP contribution is 2.13. The number of hydrogen-bond donors (Lipinski definition) is 1. The van der Waals surface area contributed by atoms with Crippen LogP contribution in [0.5, 0.6) is 0 Å². The highest BCUT2D eigenvalue weighted by molar-refractivity contribution is 5.66. The molecule has 0 aliphatic heterocycles. The minimum Gasteiger partial charge on any atom is -0.481 e. The first kappa shape index (κ1) is 15.9. The predicted octanol–water partition coefficient (Wildman–Crippen LogP) is 6.33. The molecule has 0 aliphatic rings. The minimum absolute atomic E-state index is 0.161. The molecule has 0 saturated carbocycles. The molecule has 0 heterocycles. The molecule has 0 spiro atoms. The summed E-state index contributed by atoms with van der Waals surface area (Å²) < 4.78 is 15.9. The summed E-state index contributed by atoms with van der Waals surface area (Å²) in [7, 11) is 0. The molecule has 2 nitrogen and oxygen atoms in total. The lowest BCUT2D eigenvalue weighted by molar-refractivity contribution is -0.137. The average molecular weight is 286 g/mol.